The van der Waals surface area contributed by atoms with Gasteiger partial charge in [0.25, 0.3) is 20.1 Å². The molecule has 0 atom stereocenters. The summed E-state index contributed by atoms with van der Waals surface area (Å²) in [5.74, 6) is 0. The molecule has 7 nitrogen and oxygen atoms in total. The van der Waals surface area contributed by atoms with Gasteiger partial charge in [0, 0.05) is 124 Å². The molecule has 0 amide bonds. The average Bonchev–Trinajstić information content (AvgIpc) is 1.44. The zero-order valence-electron chi connectivity index (χ0n) is 54.2. The molecular formula is C90H56B3N7. The van der Waals surface area contributed by atoms with E-state index < -0.39 is 0 Å². The van der Waals surface area contributed by atoms with Crippen LogP contribution in [0.5, 0.6) is 0 Å². The number of para-hydroxylation sites is 9. The number of anilines is 18. The predicted octanol–water partition coefficient (Wildman–Crippen LogP) is 17.1. The van der Waals surface area contributed by atoms with Gasteiger partial charge in [-0.1, -0.05) is 188 Å². The minimum atomic E-state index is -0.167. The molecule has 23 rings (SSSR count). The Labute approximate surface area is 579 Å². The maximum atomic E-state index is 2.72. The summed E-state index contributed by atoms with van der Waals surface area (Å²) >= 11 is 0. The van der Waals surface area contributed by atoms with Crippen molar-refractivity contribution in [1.29, 1.82) is 0 Å². The molecule has 0 fully saturated rings. The molecule has 10 heteroatoms. The van der Waals surface area contributed by atoms with Crippen LogP contribution in [0, 0.1) is 0 Å². The van der Waals surface area contributed by atoms with E-state index in [0.717, 1.165) is 34.1 Å². The van der Waals surface area contributed by atoms with Crippen LogP contribution in [-0.2, 0) is 0 Å². The Bertz CT molecular complexity index is 6280. The van der Waals surface area contributed by atoms with Crippen molar-refractivity contribution in [3.05, 3.63) is 340 Å². The Kier molecular flexibility index (Phi) is 11.0. The van der Waals surface area contributed by atoms with E-state index in [1.54, 1.807) is 0 Å². The average molecular weight is 1270 g/mol. The molecule has 100 heavy (non-hydrogen) atoms. The molecule has 460 valence electrons. The summed E-state index contributed by atoms with van der Waals surface area (Å²) < 4.78 is 2.72. The molecule has 0 radical (unpaired) electrons. The number of aromatic nitrogens is 1. The third kappa shape index (κ3) is 7.10. The molecule has 0 saturated carbocycles. The lowest BCUT2D eigenvalue weighted by Crippen LogP contribution is -2.62. The highest BCUT2D eigenvalue weighted by atomic mass is 15.2. The van der Waals surface area contributed by atoms with Crippen LogP contribution in [0.1, 0.15) is 0 Å². The summed E-state index contributed by atoms with van der Waals surface area (Å²) in [5.41, 5.74) is 36.2. The van der Waals surface area contributed by atoms with Crippen LogP contribution in [-0.4, -0.2) is 24.5 Å². The number of rotatable bonds is 6. The molecule has 0 spiro atoms. The summed E-state index contributed by atoms with van der Waals surface area (Å²) in [5, 5.41) is 5.01. The number of hydrogen-bond acceptors (Lipinski definition) is 6. The Hall–Kier alpha value is -12.9. The molecule has 0 saturated heterocycles. The molecule has 2 aromatic heterocycles. The Balaban J connectivity index is 0.908. The summed E-state index contributed by atoms with van der Waals surface area (Å²) in [6.45, 7) is -0.422. The zero-order chi connectivity index (χ0) is 65.0. The van der Waals surface area contributed by atoms with Gasteiger partial charge in [0.1, 0.15) is 0 Å². The van der Waals surface area contributed by atoms with Crippen LogP contribution in [0.15, 0.2) is 340 Å². The van der Waals surface area contributed by atoms with E-state index in [1.165, 1.54) is 156 Å². The normalized spacial score (nSPS) is 14.0. The van der Waals surface area contributed by atoms with Crippen molar-refractivity contribution in [2.75, 3.05) is 29.4 Å². The quantitative estimate of drug-likeness (QED) is 0.154. The minimum Gasteiger partial charge on any atom is -0.311 e. The van der Waals surface area contributed by atoms with E-state index >= 15 is 0 Å². The van der Waals surface area contributed by atoms with Crippen LogP contribution >= 0.6 is 0 Å². The van der Waals surface area contributed by atoms with E-state index in [9.17, 15) is 0 Å². The monoisotopic (exact) mass is 1270 g/mol. The fourth-order valence-corrected chi connectivity index (χ4v) is 19.0. The summed E-state index contributed by atoms with van der Waals surface area (Å²) in [7, 11) is 0. The van der Waals surface area contributed by atoms with Gasteiger partial charge in [-0.3, -0.25) is 0 Å². The molecule has 0 N–H and O–H groups in total. The Morgan fingerprint density at radius 1 is 0.180 bits per heavy atom. The van der Waals surface area contributed by atoms with E-state index in [-0.39, 0.29) is 20.1 Å². The number of hydrogen-bond donors (Lipinski definition) is 0. The molecule has 0 bridgehead atoms. The van der Waals surface area contributed by atoms with Gasteiger partial charge in [-0.15, -0.1) is 0 Å². The second-order valence-electron chi connectivity index (χ2n) is 27.4. The SMILES string of the molecule is c1ccc(N2c3ccccc3B3c4cc5c6c7c(cc8c9c%10c(ccc9n(c5cc4N(c4ccccc4)c4cccc2c43)c86)N(c2ccccc2)c2cccc3c2B%10c2ccccc2N3c2ccccc2)N(c2ccccc2)c2cccc3c2B7c2ccccc2N3c2ccccc2)cc1. The molecule has 0 unspecified atom stereocenters. The lowest BCUT2D eigenvalue weighted by molar-refractivity contribution is 1.25. The highest BCUT2D eigenvalue weighted by molar-refractivity contribution is 7.03. The Morgan fingerprint density at radius 3 is 0.900 bits per heavy atom. The zero-order valence-corrected chi connectivity index (χ0v) is 54.2. The second kappa shape index (κ2) is 20.3. The van der Waals surface area contributed by atoms with Gasteiger partial charge in [0.15, 0.2) is 0 Å². The van der Waals surface area contributed by atoms with Crippen molar-refractivity contribution in [1.82, 2.24) is 4.40 Å². The highest BCUT2D eigenvalue weighted by Crippen LogP contribution is 2.53. The van der Waals surface area contributed by atoms with Gasteiger partial charge in [-0.2, -0.15) is 0 Å². The van der Waals surface area contributed by atoms with Crippen LogP contribution in [0.25, 0.3) is 38.1 Å². The van der Waals surface area contributed by atoms with Crippen molar-refractivity contribution >= 4 is 210 Å². The molecule has 17 aromatic rings. The van der Waals surface area contributed by atoms with E-state index in [4.69, 9.17) is 0 Å². The van der Waals surface area contributed by atoms with Gasteiger partial charge in [0.05, 0.1) is 16.6 Å². The first-order valence-corrected chi connectivity index (χ1v) is 34.9. The maximum absolute atomic E-state index is 2.72. The summed E-state index contributed by atoms with van der Waals surface area (Å²) in [4.78, 5) is 15.3. The first-order valence-electron chi connectivity index (χ1n) is 34.9. The predicted molar refractivity (Wildman–Crippen MR) is 423 cm³/mol. The number of nitrogens with zero attached hydrogens (tertiary/aromatic N) is 7. The molecule has 15 aromatic carbocycles. The van der Waals surface area contributed by atoms with Gasteiger partial charge < -0.3 is 33.8 Å². The largest absolute Gasteiger partial charge is 0.311 e. The maximum Gasteiger partial charge on any atom is 0.253 e. The van der Waals surface area contributed by atoms with Gasteiger partial charge in [-0.05, 0) is 201 Å². The first kappa shape index (κ1) is 54.2. The fourth-order valence-electron chi connectivity index (χ4n) is 19.0. The lowest BCUT2D eigenvalue weighted by Gasteiger charge is -2.45. The number of benzene rings is 15. The molecular weight excluding hydrogens is 1210 g/mol. The topological polar surface area (TPSA) is 23.9 Å². The summed E-state index contributed by atoms with van der Waals surface area (Å²) in [6, 6.07) is 128. The van der Waals surface area contributed by atoms with E-state index in [2.05, 4.69) is 374 Å². The standard InChI is InChI=1S/C90H56B3N7/c1-7-28-57(29-8-1)94-69-43-22-19-40-65(69)91-68-54-63-80(56-81(68)98(61-36-15-5-16-37-61)74-47-25-46-73(94)85(74)91)100-72-52-53-79-88(92-66-41-20-23-44-70(66)95(58-30-9-2-10-31-58)75-48-26-50-77(86(75)92)97(79)60-34-13-4-14-35-60)83(72)64-55-82-89(84(63)90(64)100)93-67-42-21-24-45-71(67)96(59-32-11-3-12-33-59)76-49-27-51-78(87(76)93)99(82)62-38-17-6-18-39-62/h1-56H. The van der Waals surface area contributed by atoms with Crippen LogP contribution < -0.4 is 78.6 Å². The van der Waals surface area contributed by atoms with Crippen LogP contribution in [0.2, 0.25) is 0 Å². The van der Waals surface area contributed by atoms with Crippen molar-refractivity contribution in [3.8, 4) is 0 Å². The highest BCUT2D eigenvalue weighted by Gasteiger charge is 2.50. The van der Waals surface area contributed by atoms with Crippen LogP contribution in [0.4, 0.5) is 102 Å². The number of fused-ring (bicyclic) bond motifs is 20. The van der Waals surface area contributed by atoms with Crippen LogP contribution in [0.3, 0.4) is 0 Å². The minimum absolute atomic E-state index is 0.107. The van der Waals surface area contributed by atoms with Crippen molar-refractivity contribution in [2.24, 2.45) is 0 Å². The van der Waals surface area contributed by atoms with Crippen molar-refractivity contribution in [2.45, 2.75) is 0 Å². The molecule has 8 heterocycles. The second-order valence-corrected chi connectivity index (χ2v) is 27.4. The first-order chi connectivity index (χ1) is 49.7. The summed E-state index contributed by atoms with van der Waals surface area (Å²) in [6.07, 6.45) is 0. The lowest BCUT2D eigenvalue weighted by atomic mass is 9.32. The van der Waals surface area contributed by atoms with Gasteiger partial charge in [0.2, 0.25) is 0 Å². The van der Waals surface area contributed by atoms with E-state index in [0.29, 0.717) is 0 Å². The van der Waals surface area contributed by atoms with Crippen molar-refractivity contribution < 1.29 is 0 Å². The van der Waals surface area contributed by atoms with Crippen molar-refractivity contribution in [3.63, 3.8) is 0 Å². The molecule has 6 aliphatic heterocycles. The third-order valence-electron chi connectivity index (χ3n) is 22.6. The molecule has 0 aliphatic carbocycles. The van der Waals surface area contributed by atoms with E-state index in [1.807, 2.05) is 0 Å². The smallest absolute Gasteiger partial charge is 0.253 e. The van der Waals surface area contributed by atoms with Gasteiger partial charge >= 0.3 is 0 Å². The molecule has 6 aliphatic rings. The fraction of sp³-hybridized carbons (Fsp3) is 0. The van der Waals surface area contributed by atoms with Gasteiger partial charge in [-0.25, -0.2) is 0 Å². The Morgan fingerprint density at radius 2 is 0.490 bits per heavy atom. The third-order valence-corrected chi connectivity index (χ3v) is 22.6.